The molecule has 0 fully saturated rings. The van der Waals surface area contributed by atoms with E-state index in [1.807, 2.05) is 0 Å². The zero-order chi connectivity index (χ0) is 26.2. The van der Waals surface area contributed by atoms with Crippen LogP contribution in [0.4, 0.5) is 0 Å². The molecule has 0 N–H and O–H groups in total. The topological polar surface area (TPSA) is 8.81 Å². The van der Waals surface area contributed by atoms with Crippen molar-refractivity contribution in [3.05, 3.63) is 152 Å². The number of imidazole rings is 1. The third-order valence-electron chi connectivity index (χ3n) is 7.38. The summed E-state index contributed by atoms with van der Waals surface area (Å²) in [5, 5.41) is 9.12. The molecule has 0 atom stereocenters. The van der Waals surface area contributed by atoms with Crippen LogP contribution in [-0.2, 0) is 7.05 Å². The Bertz CT molecular complexity index is 1880. The van der Waals surface area contributed by atoms with Crippen molar-refractivity contribution in [1.29, 1.82) is 0 Å². The van der Waals surface area contributed by atoms with Gasteiger partial charge in [0.15, 0.2) is 0 Å². The third kappa shape index (κ3) is 4.24. The van der Waals surface area contributed by atoms with E-state index in [1.165, 1.54) is 54.3 Å². The standard InChI is InChI=1S/C36H28N2P/c1-37-24-25-38(26-37)33-22-20-27-12-8-10-18-31(27)35(33)36-32-19-11-9-13-28(32)21-23-34(36)39(29-14-4-2-5-15-29)30-16-6-3-7-17-30/h2-26H,1H3/q+1. The van der Waals surface area contributed by atoms with Crippen LogP contribution >= 0.6 is 7.92 Å². The summed E-state index contributed by atoms with van der Waals surface area (Å²) in [5.41, 5.74) is 3.77. The van der Waals surface area contributed by atoms with Crippen molar-refractivity contribution in [2.45, 2.75) is 0 Å². The molecule has 1 aromatic heterocycles. The van der Waals surface area contributed by atoms with Crippen LogP contribution in [0, 0.1) is 0 Å². The van der Waals surface area contributed by atoms with E-state index in [1.54, 1.807) is 0 Å². The van der Waals surface area contributed by atoms with Gasteiger partial charge in [-0.05, 0) is 51.4 Å². The summed E-state index contributed by atoms with van der Waals surface area (Å²) in [6.45, 7) is 0. The first-order chi connectivity index (χ1) is 19.3. The monoisotopic (exact) mass is 519 g/mol. The molecule has 7 rings (SSSR count). The van der Waals surface area contributed by atoms with E-state index in [9.17, 15) is 0 Å². The second kappa shape index (κ2) is 9.98. The number of nitrogens with zero attached hydrogens (tertiary/aromatic N) is 2. The molecule has 7 aromatic rings. The highest BCUT2D eigenvalue weighted by Gasteiger charge is 2.26. The first-order valence-corrected chi connectivity index (χ1v) is 14.6. The molecule has 2 nitrogen and oxygen atoms in total. The molecule has 0 unspecified atom stereocenters. The van der Waals surface area contributed by atoms with Gasteiger partial charge in [0, 0.05) is 11.1 Å². The minimum atomic E-state index is -0.810. The van der Waals surface area contributed by atoms with Gasteiger partial charge in [-0.25, -0.2) is 9.13 Å². The normalized spacial score (nSPS) is 11.4. The van der Waals surface area contributed by atoms with Gasteiger partial charge in [-0.1, -0.05) is 127 Å². The fourth-order valence-electron chi connectivity index (χ4n) is 5.62. The van der Waals surface area contributed by atoms with Gasteiger partial charge in [0.2, 0.25) is 6.33 Å². The van der Waals surface area contributed by atoms with Crippen LogP contribution in [0.5, 0.6) is 0 Å². The molecule has 0 aliphatic carbocycles. The molecule has 0 saturated heterocycles. The first-order valence-electron chi connectivity index (χ1n) is 13.3. The summed E-state index contributed by atoms with van der Waals surface area (Å²) in [6, 6.07) is 48.8. The van der Waals surface area contributed by atoms with E-state index >= 15 is 0 Å². The maximum absolute atomic E-state index is 2.38. The molecule has 0 saturated carbocycles. The molecular formula is C36H28N2P+. The van der Waals surface area contributed by atoms with Gasteiger partial charge in [-0.3, -0.25) is 0 Å². The van der Waals surface area contributed by atoms with Gasteiger partial charge >= 0.3 is 0 Å². The van der Waals surface area contributed by atoms with Crippen LogP contribution in [0.3, 0.4) is 0 Å². The zero-order valence-electron chi connectivity index (χ0n) is 21.8. The average Bonchev–Trinajstić information content (AvgIpc) is 3.44. The van der Waals surface area contributed by atoms with Gasteiger partial charge in [-0.15, -0.1) is 0 Å². The quantitative estimate of drug-likeness (QED) is 0.171. The average molecular weight is 520 g/mol. The molecule has 0 radical (unpaired) electrons. The molecule has 0 spiro atoms. The van der Waals surface area contributed by atoms with Crippen molar-refractivity contribution in [3.8, 4) is 16.8 Å². The SMILES string of the molecule is C[n+]1ccn(-c2ccc3ccccc3c2-c2c(P(c3ccccc3)c3ccccc3)ccc3ccccc23)c1. The van der Waals surface area contributed by atoms with Gasteiger partial charge in [0.25, 0.3) is 0 Å². The maximum atomic E-state index is 2.38. The van der Waals surface area contributed by atoms with Crippen molar-refractivity contribution in [3.63, 3.8) is 0 Å². The lowest BCUT2D eigenvalue weighted by molar-refractivity contribution is -0.670. The van der Waals surface area contributed by atoms with E-state index < -0.39 is 7.92 Å². The molecule has 0 aliphatic rings. The predicted octanol–water partition coefficient (Wildman–Crippen LogP) is 7.03. The number of rotatable bonds is 5. The van der Waals surface area contributed by atoms with Gasteiger partial charge < -0.3 is 0 Å². The summed E-state index contributed by atoms with van der Waals surface area (Å²) >= 11 is 0. The Balaban J connectivity index is 1.65. The van der Waals surface area contributed by atoms with Crippen molar-refractivity contribution in [1.82, 2.24) is 4.57 Å². The molecule has 1 heterocycles. The van der Waals surface area contributed by atoms with Crippen molar-refractivity contribution >= 4 is 45.4 Å². The van der Waals surface area contributed by atoms with E-state index in [4.69, 9.17) is 0 Å². The highest BCUT2D eigenvalue weighted by atomic mass is 31.1. The Kier molecular flexibility index (Phi) is 6.04. The number of aryl methyl sites for hydroxylation is 1. The molecule has 186 valence electrons. The molecule has 0 aliphatic heterocycles. The second-order valence-electron chi connectivity index (χ2n) is 9.85. The Hall–Kier alpha value is -4.52. The zero-order valence-corrected chi connectivity index (χ0v) is 22.7. The Labute approximate surface area is 230 Å². The Morgan fingerprint density at radius 2 is 1.08 bits per heavy atom. The number of fused-ring (bicyclic) bond motifs is 2. The predicted molar refractivity (Wildman–Crippen MR) is 166 cm³/mol. The summed E-state index contributed by atoms with van der Waals surface area (Å²) in [5.74, 6) is 0. The van der Waals surface area contributed by atoms with Crippen LogP contribution in [-0.4, -0.2) is 4.57 Å². The molecule has 6 aromatic carbocycles. The molecule has 0 bridgehead atoms. The van der Waals surface area contributed by atoms with Gasteiger partial charge in [-0.2, -0.15) is 0 Å². The van der Waals surface area contributed by atoms with E-state index in [0.717, 1.165) is 0 Å². The second-order valence-corrected chi connectivity index (χ2v) is 12.0. The van der Waals surface area contributed by atoms with Crippen LogP contribution in [0.25, 0.3) is 38.4 Å². The highest BCUT2D eigenvalue weighted by molar-refractivity contribution is 7.80. The molecule has 3 heteroatoms. The fourth-order valence-corrected chi connectivity index (χ4v) is 8.10. The van der Waals surface area contributed by atoms with Crippen molar-refractivity contribution in [2.24, 2.45) is 7.05 Å². The van der Waals surface area contributed by atoms with E-state index in [0.29, 0.717) is 0 Å². The largest absolute Gasteiger partial charge is 0.248 e. The summed E-state index contributed by atoms with van der Waals surface area (Å²) < 4.78 is 4.35. The Morgan fingerprint density at radius 1 is 0.538 bits per heavy atom. The van der Waals surface area contributed by atoms with Gasteiger partial charge in [0.1, 0.15) is 18.1 Å². The minimum absolute atomic E-state index is 0.810. The molecular weight excluding hydrogens is 491 g/mol. The fraction of sp³-hybridized carbons (Fsp3) is 0.0278. The molecule has 0 amide bonds. The highest BCUT2D eigenvalue weighted by Crippen LogP contribution is 2.44. The molecule has 39 heavy (non-hydrogen) atoms. The van der Waals surface area contributed by atoms with Crippen LogP contribution in [0.2, 0.25) is 0 Å². The lowest BCUT2D eigenvalue weighted by atomic mass is 9.92. The Morgan fingerprint density at radius 3 is 1.67 bits per heavy atom. The summed E-state index contributed by atoms with van der Waals surface area (Å²) in [4.78, 5) is 0. The van der Waals surface area contributed by atoms with Crippen molar-refractivity contribution in [2.75, 3.05) is 0 Å². The maximum Gasteiger partial charge on any atom is 0.248 e. The van der Waals surface area contributed by atoms with Gasteiger partial charge in [0.05, 0.1) is 7.05 Å². The lowest BCUT2D eigenvalue weighted by Gasteiger charge is -2.25. The van der Waals surface area contributed by atoms with E-state index in [-0.39, 0.29) is 0 Å². The van der Waals surface area contributed by atoms with Crippen LogP contribution < -0.4 is 20.5 Å². The van der Waals surface area contributed by atoms with E-state index in [2.05, 4.69) is 168 Å². The number of hydrogen-bond acceptors (Lipinski definition) is 0. The first kappa shape index (κ1) is 23.6. The minimum Gasteiger partial charge on any atom is -0.239 e. The van der Waals surface area contributed by atoms with Crippen LogP contribution in [0.1, 0.15) is 0 Å². The summed E-state index contributed by atoms with van der Waals surface area (Å²) in [7, 11) is 1.26. The smallest absolute Gasteiger partial charge is 0.239 e. The van der Waals surface area contributed by atoms with Crippen molar-refractivity contribution < 1.29 is 4.57 Å². The van der Waals surface area contributed by atoms with Crippen LogP contribution in [0.15, 0.2) is 152 Å². The number of hydrogen-bond donors (Lipinski definition) is 0. The number of benzene rings is 6. The third-order valence-corrected chi connectivity index (χ3v) is 9.86. The lowest BCUT2D eigenvalue weighted by Crippen LogP contribution is -2.24. The summed E-state index contributed by atoms with van der Waals surface area (Å²) in [6.07, 6.45) is 6.40. The number of aromatic nitrogens is 2.